The second-order valence-electron chi connectivity index (χ2n) is 10.7. The van der Waals surface area contributed by atoms with Gasteiger partial charge in [-0.25, -0.2) is 29.3 Å². The van der Waals surface area contributed by atoms with E-state index in [1.54, 1.807) is 38.4 Å². The van der Waals surface area contributed by atoms with Gasteiger partial charge in [-0.05, 0) is 24.3 Å². The first-order valence-electron chi connectivity index (χ1n) is 13.7. The fourth-order valence-electron chi connectivity index (χ4n) is 5.80. The van der Waals surface area contributed by atoms with Crippen LogP contribution in [-0.2, 0) is 38.3 Å². The second-order valence-corrected chi connectivity index (χ2v) is 12.4. The van der Waals surface area contributed by atoms with Crippen molar-refractivity contribution >= 4 is 46.4 Å². The molecule has 0 aliphatic rings. The van der Waals surface area contributed by atoms with Gasteiger partial charge in [-0.2, -0.15) is 20.4 Å². The zero-order chi connectivity index (χ0) is 32.6. The van der Waals surface area contributed by atoms with E-state index >= 15 is 0 Å². The lowest BCUT2D eigenvalue weighted by atomic mass is 9.68. The van der Waals surface area contributed by atoms with Crippen LogP contribution in [0.3, 0.4) is 0 Å². The van der Waals surface area contributed by atoms with Crippen molar-refractivity contribution in [1.29, 1.82) is 0 Å². The van der Waals surface area contributed by atoms with E-state index in [9.17, 15) is 10.2 Å². The third kappa shape index (κ3) is 5.99. The smallest absolute Gasteiger partial charge is 0.159 e. The average molecular weight is 704 g/mol. The summed E-state index contributed by atoms with van der Waals surface area (Å²) >= 11 is 26.3. The van der Waals surface area contributed by atoms with Crippen LogP contribution in [0.25, 0.3) is 0 Å². The molecule has 0 aliphatic heterocycles. The summed E-state index contributed by atoms with van der Waals surface area (Å²) in [5.74, 6) is -0.711. The molecule has 0 fully saturated rings. The van der Waals surface area contributed by atoms with Crippen LogP contribution >= 0.6 is 46.4 Å². The Morgan fingerprint density at radius 2 is 1.41 bits per heavy atom. The molecule has 0 aliphatic carbocycles. The van der Waals surface area contributed by atoms with Gasteiger partial charge in [0.1, 0.15) is 61.0 Å². The van der Waals surface area contributed by atoms with Crippen molar-refractivity contribution in [2.75, 3.05) is 0 Å². The van der Waals surface area contributed by atoms with Gasteiger partial charge in [-0.3, -0.25) is 9.36 Å². The van der Waals surface area contributed by atoms with Gasteiger partial charge in [0.15, 0.2) is 5.82 Å². The average Bonchev–Trinajstić information content (AvgIpc) is 3.82. The van der Waals surface area contributed by atoms with Crippen LogP contribution < -0.4 is 0 Å². The molecule has 0 saturated heterocycles. The van der Waals surface area contributed by atoms with E-state index in [4.69, 9.17) is 46.4 Å². The van der Waals surface area contributed by atoms with Gasteiger partial charge in [0, 0.05) is 51.7 Å². The third-order valence-electron chi connectivity index (χ3n) is 7.83. The van der Waals surface area contributed by atoms with E-state index in [-0.39, 0.29) is 40.0 Å². The van der Waals surface area contributed by atoms with Crippen LogP contribution in [0.1, 0.15) is 34.7 Å². The molecule has 4 unspecified atom stereocenters. The molecule has 4 heterocycles. The van der Waals surface area contributed by atoms with Gasteiger partial charge in [0.05, 0.1) is 12.5 Å². The Labute approximate surface area is 282 Å². The van der Waals surface area contributed by atoms with Gasteiger partial charge in [0.2, 0.25) is 0 Å². The Morgan fingerprint density at radius 3 is 1.93 bits per heavy atom. The van der Waals surface area contributed by atoms with Crippen LogP contribution in [-0.4, -0.2) is 69.3 Å². The van der Waals surface area contributed by atoms with Gasteiger partial charge in [-0.1, -0.05) is 58.5 Å². The summed E-state index contributed by atoms with van der Waals surface area (Å²) in [6.45, 7) is -0.211. The molecular weight excluding hydrogens is 678 g/mol. The first-order chi connectivity index (χ1) is 22.0. The summed E-state index contributed by atoms with van der Waals surface area (Å²) in [6, 6.07) is 8.20. The van der Waals surface area contributed by atoms with Crippen LogP contribution in [0.2, 0.25) is 20.1 Å². The molecule has 14 nitrogen and oxygen atoms in total. The molecule has 0 spiro atoms. The van der Waals surface area contributed by atoms with E-state index in [1.807, 2.05) is 0 Å². The minimum atomic E-state index is -2.03. The zero-order valence-electron chi connectivity index (χ0n) is 24.3. The largest absolute Gasteiger partial charge is 0.382 e. The van der Waals surface area contributed by atoms with Crippen LogP contribution in [0, 0.1) is 0 Å². The van der Waals surface area contributed by atoms with Gasteiger partial charge < -0.3 is 10.2 Å². The number of hydrogen-bond donors (Lipinski definition) is 2. The highest BCUT2D eigenvalue weighted by molar-refractivity contribution is 6.35. The Hall–Kier alpha value is -3.92. The predicted molar refractivity (Wildman–Crippen MR) is 168 cm³/mol. The predicted octanol–water partition coefficient (Wildman–Crippen LogP) is 3.78. The number of aryl methyl sites for hydroxylation is 2. The van der Waals surface area contributed by atoms with Gasteiger partial charge in [-0.15, -0.1) is 0 Å². The molecule has 0 radical (unpaired) electrons. The van der Waals surface area contributed by atoms with Crippen molar-refractivity contribution in [3.63, 3.8) is 0 Å². The maximum atomic E-state index is 13.3. The zero-order valence-corrected chi connectivity index (χ0v) is 27.3. The molecule has 0 bridgehead atoms. The summed E-state index contributed by atoms with van der Waals surface area (Å²) in [4.78, 5) is 17.3. The molecule has 4 atom stereocenters. The highest BCUT2D eigenvalue weighted by atomic mass is 35.5. The molecule has 4 aromatic heterocycles. The summed E-state index contributed by atoms with van der Waals surface area (Å²) in [7, 11) is 3.38. The van der Waals surface area contributed by atoms with E-state index in [1.165, 1.54) is 68.8 Å². The van der Waals surface area contributed by atoms with Crippen molar-refractivity contribution in [2.45, 2.75) is 36.1 Å². The van der Waals surface area contributed by atoms with Crippen molar-refractivity contribution in [1.82, 2.24) is 59.1 Å². The maximum Gasteiger partial charge on any atom is 0.159 e. The topological polar surface area (TPSA) is 163 Å². The fraction of sp³-hybridized carbons (Fsp3) is 0.286. The van der Waals surface area contributed by atoms with Crippen molar-refractivity contribution < 1.29 is 10.2 Å². The van der Waals surface area contributed by atoms with Crippen LogP contribution in [0.15, 0.2) is 74.4 Å². The number of rotatable bonds is 11. The monoisotopic (exact) mass is 702 g/mol. The van der Waals surface area contributed by atoms with Gasteiger partial charge >= 0.3 is 0 Å². The molecule has 2 N–H and O–H groups in total. The Bertz CT molecular complexity index is 1950. The molecule has 0 saturated carbocycles. The summed E-state index contributed by atoms with van der Waals surface area (Å²) in [6.07, 6.45) is 8.22. The quantitative estimate of drug-likeness (QED) is 0.203. The first kappa shape index (κ1) is 32.0. The summed E-state index contributed by atoms with van der Waals surface area (Å²) < 4.78 is 5.88. The third-order valence-corrected chi connectivity index (χ3v) is 8.93. The first-order valence-corrected chi connectivity index (χ1v) is 15.2. The summed E-state index contributed by atoms with van der Waals surface area (Å²) in [5.41, 5.74) is -3.54. The molecule has 6 aromatic rings. The Kier molecular flexibility index (Phi) is 8.85. The minimum absolute atomic E-state index is 0.137. The molecule has 18 heteroatoms. The number of benzene rings is 2. The normalized spacial score (nSPS) is 15.7. The fourth-order valence-corrected chi connectivity index (χ4v) is 6.94. The van der Waals surface area contributed by atoms with Crippen LogP contribution in [0.5, 0.6) is 0 Å². The standard InChI is InChI=1S/C28H26Cl4N12O2/c1-41-16-36-26(40-41)24(28(46,10-43-14-33-11-38-43)20-6-4-18(30)8-22(20)32)25(44-15-34-12-39-44)27(45,9-23-35-13-37-42(23)2)19-5-3-17(29)7-21(19)31/h3-8,11-16,24-25,45-46H,9-10H2,1-2H3. The maximum absolute atomic E-state index is 13.3. The molecule has 46 heavy (non-hydrogen) atoms. The van der Waals surface area contributed by atoms with Crippen LogP contribution in [0.4, 0.5) is 0 Å². The highest BCUT2D eigenvalue weighted by Crippen LogP contribution is 2.54. The number of hydrogen-bond acceptors (Lipinski definition) is 10. The Balaban J connectivity index is 1.70. The van der Waals surface area contributed by atoms with E-state index in [2.05, 4.69) is 40.3 Å². The molecule has 2 aromatic carbocycles. The van der Waals surface area contributed by atoms with Crippen molar-refractivity contribution in [3.8, 4) is 0 Å². The van der Waals surface area contributed by atoms with E-state index < -0.39 is 23.2 Å². The lowest BCUT2D eigenvalue weighted by molar-refractivity contribution is -0.0994. The van der Waals surface area contributed by atoms with Crippen molar-refractivity contribution in [2.24, 2.45) is 14.1 Å². The molecular formula is C28H26Cl4N12O2. The van der Waals surface area contributed by atoms with Gasteiger partial charge in [0.25, 0.3) is 0 Å². The molecule has 238 valence electrons. The van der Waals surface area contributed by atoms with E-state index in [0.717, 1.165) is 0 Å². The Morgan fingerprint density at radius 1 is 0.761 bits per heavy atom. The number of aromatic nitrogens is 12. The summed E-state index contributed by atoms with van der Waals surface area (Å²) in [5, 5.41) is 45.2. The van der Waals surface area contributed by atoms with Crippen molar-refractivity contribution in [3.05, 3.63) is 117 Å². The van der Waals surface area contributed by atoms with E-state index in [0.29, 0.717) is 15.9 Å². The molecule has 6 rings (SSSR count). The molecule has 0 amide bonds. The number of aliphatic hydroxyl groups is 2. The number of halogens is 4. The lowest BCUT2D eigenvalue weighted by Gasteiger charge is -2.46. The SMILES string of the molecule is Cn1cnc(C(C(n2cncn2)C(O)(Cc2ncnn2C)c2ccc(Cl)cc2Cl)C(O)(Cn2cncn2)c2ccc(Cl)cc2Cl)n1. The lowest BCUT2D eigenvalue weighted by Crippen LogP contribution is -2.51. The number of nitrogens with zero attached hydrogens (tertiary/aromatic N) is 12. The highest BCUT2D eigenvalue weighted by Gasteiger charge is 2.57. The second kappa shape index (κ2) is 12.7. The minimum Gasteiger partial charge on any atom is -0.382 e.